The monoisotopic (exact) mass is 447 g/mol. The van der Waals surface area contributed by atoms with Gasteiger partial charge in [-0.25, -0.2) is 0 Å². The van der Waals surface area contributed by atoms with Gasteiger partial charge in [0.1, 0.15) is 0 Å². The van der Waals surface area contributed by atoms with E-state index in [4.69, 9.17) is 0 Å². The maximum absolute atomic E-state index is 4.19. The zero-order valence-corrected chi connectivity index (χ0v) is 16.2. The van der Waals surface area contributed by atoms with E-state index < -0.39 is 0 Å². The van der Waals surface area contributed by atoms with E-state index in [0.717, 1.165) is 22.8 Å². The van der Waals surface area contributed by atoms with Crippen LogP contribution in [0.25, 0.3) is 35.1 Å². The van der Waals surface area contributed by atoms with Crippen molar-refractivity contribution >= 4 is 0 Å². The Kier molecular flexibility index (Phi) is 11.9. The molecule has 4 aromatic heterocycles. The molecule has 0 amide bonds. The molecule has 1 radical (unpaired) electrons. The first-order valence-corrected chi connectivity index (χ1v) is 7.58. The van der Waals surface area contributed by atoms with Gasteiger partial charge in [0.25, 0.3) is 0 Å². The van der Waals surface area contributed by atoms with Gasteiger partial charge in [-0.15, -0.1) is 0 Å². The topological polar surface area (TPSA) is 119 Å². The van der Waals surface area contributed by atoms with Crippen LogP contribution in [-0.4, -0.2) is 19.9 Å². The fraction of sp³-hybridized carbons (Fsp3) is 0. The smallest absolute Gasteiger partial charge is 0.693 e. The molecule has 0 aliphatic heterocycles. The van der Waals surface area contributed by atoms with Crippen molar-refractivity contribution in [1.82, 2.24) is 19.9 Å². The van der Waals surface area contributed by atoms with Gasteiger partial charge >= 0.3 is 19.5 Å². The van der Waals surface area contributed by atoms with Crippen molar-refractivity contribution in [3.8, 4) is 22.8 Å². The third-order valence-corrected chi connectivity index (χ3v) is 3.18. The van der Waals surface area contributed by atoms with Gasteiger partial charge in [-0.2, -0.15) is 0 Å². The quantitative estimate of drug-likeness (QED) is 0.365. The summed E-state index contributed by atoms with van der Waals surface area (Å²) >= 11 is 0. The first-order valence-electron chi connectivity index (χ1n) is 7.58. The van der Waals surface area contributed by atoms with Gasteiger partial charge in [-0.3, -0.25) is 19.9 Å². The van der Waals surface area contributed by atoms with E-state index in [2.05, 4.69) is 19.9 Å². The number of nitrogens with two attached hydrogens (primary N) is 2. The van der Waals surface area contributed by atoms with Gasteiger partial charge in [-0.1, -0.05) is 24.3 Å². The molecule has 4 heterocycles. The number of aromatic nitrogens is 4. The summed E-state index contributed by atoms with van der Waals surface area (Å²) in [6, 6.07) is 23.2. The molecule has 0 atom stereocenters. The summed E-state index contributed by atoms with van der Waals surface area (Å²) in [6.07, 6.45) is 7.07. The van der Waals surface area contributed by atoms with Gasteiger partial charge in [0.2, 0.25) is 0 Å². The maximum atomic E-state index is 4.19. The molecule has 0 bridgehead atoms. The van der Waals surface area contributed by atoms with Crippen molar-refractivity contribution in [2.24, 2.45) is 0 Å². The summed E-state index contributed by atoms with van der Waals surface area (Å²) in [6.45, 7) is 0. The van der Waals surface area contributed by atoms with E-state index in [1.807, 2.05) is 72.8 Å². The fourth-order valence-electron chi connectivity index (χ4n) is 2.06. The largest absolute Gasteiger partial charge is 2.00 e. The summed E-state index contributed by atoms with van der Waals surface area (Å²) in [5, 5.41) is 0. The Labute approximate surface area is 172 Å². The normalized spacial score (nSPS) is 8.59. The Balaban J connectivity index is 0.000000451. The minimum Gasteiger partial charge on any atom is -0.693 e. The summed E-state index contributed by atoms with van der Waals surface area (Å²) in [7, 11) is 0. The van der Waals surface area contributed by atoms with Gasteiger partial charge in [0.05, 0.1) is 22.8 Å². The molecule has 0 aromatic carbocycles. The Morgan fingerprint density at radius 3 is 0.741 bits per heavy atom. The number of rotatable bonds is 2. The molecule has 27 heavy (non-hydrogen) atoms. The van der Waals surface area contributed by atoms with Crippen LogP contribution < -0.4 is 0 Å². The van der Waals surface area contributed by atoms with Gasteiger partial charge in [0.15, 0.2) is 0 Å². The van der Waals surface area contributed by atoms with Crippen LogP contribution in [0.5, 0.6) is 0 Å². The standard InChI is InChI=1S/2C10H8N2.2H2N.Rh/c2*1-3-7-11-9(5-1)10-6-2-4-8-12-10;;;/h2*1-8H;2*1H2;/q;;2*-1;+2. The molecule has 0 aliphatic carbocycles. The minimum atomic E-state index is 0. The summed E-state index contributed by atoms with van der Waals surface area (Å²) in [4.78, 5) is 16.7. The van der Waals surface area contributed by atoms with Crippen LogP contribution in [0.4, 0.5) is 0 Å². The van der Waals surface area contributed by atoms with Crippen LogP contribution >= 0.6 is 0 Å². The molecule has 0 fully saturated rings. The van der Waals surface area contributed by atoms with Crippen molar-refractivity contribution in [2.75, 3.05) is 0 Å². The number of pyridine rings is 4. The zero-order chi connectivity index (χ0) is 16.5. The third-order valence-electron chi connectivity index (χ3n) is 3.18. The molecular weight excluding hydrogens is 427 g/mol. The maximum Gasteiger partial charge on any atom is 2.00 e. The molecule has 4 N–H and O–H groups in total. The van der Waals surface area contributed by atoms with Crippen LogP contribution in [0.3, 0.4) is 0 Å². The molecule has 4 aromatic rings. The van der Waals surface area contributed by atoms with E-state index in [1.165, 1.54) is 0 Å². The van der Waals surface area contributed by atoms with Crippen LogP contribution in [0.15, 0.2) is 97.6 Å². The van der Waals surface area contributed by atoms with Crippen LogP contribution in [0.1, 0.15) is 0 Å². The molecular formula is C20H20N6Rh. The zero-order valence-electron chi connectivity index (χ0n) is 14.5. The van der Waals surface area contributed by atoms with Gasteiger partial charge in [-0.05, 0) is 48.5 Å². The average molecular weight is 447 g/mol. The molecule has 0 spiro atoms. The average Bonchev–Trinajstić information content (AvgIpc) is 2.71. The first-order chi connectivity index (χ1) is 11.9. The molecule has 4 rings (SSSR count). The number of nitrogens with zero attached hydrogens (tertiary/aromatic N) is 4. The number of hydrogen-bond acceptors (Lipinski definition) is 4. The molecule has 139 valence electrons. The molecule has 0 saturated heterocycles. The van der Waals surface area contributed by atoms with Crippen molar-refractivity contribution in [3.05, 3.63) is 110 Å². The molecule has 0 saturated carbocycles. The minimum absolute atomic E-state index is 0. The molecule has 0 unspecified atom stereocenters. The summed E-state index contributed by atoms with van der Waals surface area (Å²) in [5.41, 5.74) is 3.66. The van der Waals surface area contributed by atoms with E-state index in [1.54, 1.807) is 24.8 Å². The van der Waals surface area contributed by atoms with E-state index >= 15 is 0 Å². The molecule has 7 heteroatoms. The first kappa shape index (κ1) is 24.1. The SMILES string of the molecule is [NH2-].[NH2-].[Rh+2].c1ccc(-c2ccccn2)nc1.c1ccc(-c2ccccn2)nc1. The van der Waals surface area contributed by atoms with E-state index in [9.17, 15) is 0 Å². The molecule has 6 nitrogen and oxygen atoms in total. The van der Waals surface area contributed by atoms with Crippen molar-refractivity contribution in [1.29, 1.82) is 0 Å². The van der Waals surface area contributed by atoms with Crippen LogP contribution in [0.2, 0.25) is 0 Å². The van der Waals surface area contributed by atoms with Crippen molar-refractivity contribution < 1.29 is 19.5 Å². The Hall–Kier alpha value is -2.86. The second-order valence-electron chi connectivity index (χ2n) is 4.86. The second kappa shape index (κ2) is 13.4. The third kappa shape index (κ3) is 7.50. The summed E-state index contributed by atoms with van der Waals surface area (Å²) in [5.74, 6) is 0. The van der Waals surface area contributed by atoms with Crippen LogP contribution in [-0.2, 0) is 19.5 Å². The van der Waals surface area contributed by atoms with E-state index in [0.29, 0.717) is 0 Å². The Bertz CT molecular complexity index is 696. The second-order valence-corrected chi connectivity index (χ2v) is 4.86. The molecule has 0 aliphatic rings. The van der Waals surface area contributed by atoms with Crippen molar-refractivity contribution in [2.45, 2.75) is 0 Å². The van der Waals surface area contributed by atoms with Crippen molar-refractivity contribution in [3.63, 3.8) is 0 Å². The van der Waals surface area contributed by atoms with Gasteiger partial charge < -0.3 is 12.3 Å². The Morgan fingerprint density at radius 2 is 0.593 bits per heavy atom. The van der Waals surface area contributed by atoms with E-state index in [-0.39, 0.29) is 31.8 Å². The van der Waals surface area contributed by atoms with Crippen LogP contribution in [0, 0.1) is 0 Å². The fourth-order valence-corrected chi connectivity index (χ4v) is 2.06. The summed E-state index contributed by atoms with van der Waals surface area (Å²) < 4.78 is 0. The Morgan fingerprint density at radius 1 is 0.370 bits per heavy atom. The predicted octanol–water partition coefficient (Wildman–Crippen LogP) is 5.72. The predicted molar refractivity (Wildman–Crippen MR) is 106 cm³/mol. The van der Waals surface area contributed by atoms with Gasteiger partial charge in [0, 0.05) is 24.8 Å². The number of hydrogen-bond donors (Lipinski definition) is 0.